The van der Waals surface area contributed by atoms with E-state index in [4.69, 9.17) is 4.43 Å². The number of aryl methyl sites for hydroxylation is 1. The van der Waals surface area contributed by atoms with Crippen molar-refractivity contribution >= 4 is 19.9 Å². The predicted molar refractivity (Wildman–Crippen MR) is 76.8 cm³/mol. The highest BCUT2D eigenvalue weighted by Crippen LogP contribution is 2.34. The van der Waals surface area contributed by atoms with E-state index in [2.05, 4.69) is 31.8 Å². The first-order valence-corrected chi connectivity index (χ1v) is 9.81. The molecular formula is C15H20O2Si. The molecule has 1 aliphatic rings. The Balaban J connectivity index is 2.53. The molecule has 18 heavy (non-hydrogen) atoms. The minimum absolute atomic E-state index is 0.137. The van der Waals surface area contributed by atoms with Gasteiger partial charge in [-0.15, -0.1) is 0 Å². The van der Waals surface area contributed by atoms with Crippen LogP contribution in [-0.4, -0.2) is 14.1 Å². The molecule has 0 radical (unpaired) electrons. The highest BCUT2D eigenvalue weighted by Gasteiger charge is 2.27. The lowest BCUT2D eigenvalue weighted by Crippen LogP contribution is -2.27. The standard InChI is InChI=1S/C15H20O2Si/c1-11(16)13-10-9-12-7-5-6-8-14(12)15(13)17-18(2,3)4/h5-8H,9-10H2,1-4H3. The molecule has 0 aromatic heterocycles. The average Bonchev–Trinajstić information content (AvgIpc) is 2.27. The second-order valence-electron chi connectivity index (χ2n) is 5.74. The Labute approximate surface area is 110 Å². The molecule has 0 saturated carbocycles. The van der Waals surface area contributed by atoms with E-state index in [1.54, 1.807) is 6.92 Å². The first-order valence-electron chi connectivity index (χ1n) is 6.40. The average molecular weight is 260 g/mol. The maximum absolute atomic E-state index is 11.8. The number of carbonyl (C=O) groups excluding carboxylic acids is 1. The van der Waals surface area contributed by atoms with Crippen LogP contribution in [0.15, 0.2) is 29.8 Å². The monoisotopic (exact) mass is 260 g/mol. The van der Waals surface area contributed by atoms with E-state index >= 15 is 0 Å². The lowest BCUT2D eigenvalue weighted by molar-refractivity contribution is -0.113. The first-order chi connectivity index (χ1) is 8.38. The fourth-order valence-electron chi connectivity index (χ4n) is 2.25. The van der Waals surface area contributed by atoms with Crippen LogP contribution >= 0.6 is 0 Å². The zero-order chi connectivity index (χ0) is 13.3. The van der Waals surface area contributed by atoms with Gasteiger partial charge in [0.05, 0.1) is 0 Å². The van der Waals surface area contributed by atoms with Gasteiger partial charge in [0.1, 0.15) is 5.76 Å². The van der Waals surface area contributed by atoms with E-state index < -0.39 is 8.32 Å². The van der Waals surface area contributed by atoms with Crippen LogP contribution in [0.5, 0.6) is 0 Å². The maximum atomic E-state index is 11.8. The van der Waals surface area contributed by atoms with Gasteiger partial charge in [-0.05, 0) is 45.0 Å². The third-order valence-corrected chi connectivity index (χ3v) is 3.83. The summed E-state index contributed by atoms with van der Waals surface area (Å²) >= 11 is 0. The van der Waals surface area contributed by atoms with Crippen LogP contribution in [-0.2, 0) is 15.6 Å². The van der Waals surface area contributed by atoms with E-state index in [1.807, 2.05) is 12.1 Å². The Hall–Kier alpha value is -1.35. The molecule has 1 aliphatic carbocycles. The molecule has 0 amide bonds. The Morgan fingerprint density at radius 2 is 1.83 bits per heavy atom. The van der Waals surface area contributed by atoms with Gasteiger partial charge in [-0.2, -0.15) is 0 Å². The number of carbonyl (C=O) groups is 1. The van der Waals surface area contributed by atoms with Crippen molar-refractivity contribution in [3.8, 4) is 0 Å². The van der Waals surface area contributed by atoms with E-state index in [1.165, 1.54) is 5.56 Å². The summed E-state index contributed by atoms with van der Waals surface area (Å²) < 4.78 is 6.18. The molecule has 2 rings (SSSR count). The Morgan fingerprint density at radius 3 is 2.44 bits per heavy atom. The van der Waals surface area contributed by atoms with Crippen molar-refractivity contribution in [3.63, 3.8) is 0 Å². The molecular weight excluding hydrogens is 240 g/mol. The van der Waals surface area contributed by atoms with E-state index in [9.17, 15) is 4.79 Å². The van der Waals surface area contributed by atoms with Gasteiger partial charge in [0.25, 0.3) is 0 Å². The number of rotatable bonds is 3. The van der Waals surface area contributed by atoms with Crippen LogP contribution in [0.25, 0.3) is 5.76 Å². The molecule has 0 spiro atoms. The molecule has 2 nitrogen and oxygen atoms in total. The normalized spacial score (nSPS) is 15.3. The predicted octanol–water partition coefficient (Wildman–Crippen LogP) is 3.78. The van der Waals surface area contributed by atoms with Crippen molar-refractivity contribution in [2.45, 2.75) is 39.4 Å². The van der Waals surface area contributed by atoms with Crippen molar-refractivity contribution in [2.75, 3.05) is 0 Å². The lowest BCUT2D eigenvalue weighted by Gasteiger charge is -2.28. The van der Waals surface area contributed by atoms with Crippen molar-refractivity contribution in [1.82, 2.24) is 0 Å². The third-order valence-electron chi connectivity index (χ3n) is 3.01. The number of allylic oxidation sites excluding steroid dienone is 1. The largest absolute Gasteiger partial charge is 0.544 e. The van der Waals surface area contributed by atoms with Gasteiger partial charge in [0.2, 0.25) is 8.32 Å². The van der Waals surface area contributed by atoms with Crippen LogP contribution in [0.2, 0.25) is 19.6 Å². The summed E-state index contributed by atoms with van der Waals surface area (Å²) in [5.41, 5.74) is 3.25. The molecule has 1 aromatic rings. The number of hydrogen-bond donors (Lipinski definition) is 0. The molecule has 0 heterocycles. The topological polar surface area (TPSA) is 26.3 Å². The molecule has 1 aromatic carbocycles. The minimum Gasteiger partial charge on any atom is -0.544 e. The zero-order valence-corrected chi connectivity index (χ0v) is 12.5. The molecule has 0 fully saturated rings. The van der Waals surface area contributed by atoms with Crippen LogP contribution in [0.3, 0.4) is 0 Å². The zero-order valence-electron chi connectivity index (χ0n) is 11.5. The smallest absolute Gasteiger partial charge is 0.242 e. The van der Waals surface area contributed by atoms with Crippen molar-refractivity contribution in [2.24, 2.45) is 0 Å². The molecule has 0 aliphatic heterocycles. The molecule has 3 heteroatoms. The second kappa shape index (κ2) is 4.73. The van der Waals surface area contributed by atoms with Gasteiger partial charge < -0.3 is 4.43 Å². The molecule has 0 saturated heterocycles. The van der Waals surface area contributed by atoms with Crippen LogP contribution < -0.4 is 0 Å². The van der Waals surface area contributed by atoms with Gasteiger partial charge in [0.15, 0.2) is 5.78 Å². The minimum atomic E-state index is -1.71. The van der Waals surface area contributed by atoms with E-state index in [0.717, 1.165) is 29.7 Å². The Morgan fingerprint density at radius 1 is 1.17 bits per heavy atom. The fourth-order valence-corrected chi connectivity index (χ4v) is 3.10. The highest BCUT2D eigenvalue weighted by molar-refractivity contribution is 6.70. The summed E-state index contributed by atoms with van der Waals surface area (Å²) in [6.45, 7) is 8.08. The summed E-state index contributed by atoms with van der Waals surface area (Å²) in [6, 6.07) is 8.24. The van der Waals surface area contributed by atoms with Crippen molar-refractivity contribution in [3.05, 3.63) is 41.0 Å². The number of Topliss-reactive ketones (excluding diaryl/α,β-unsaturated/α-hetero) is 1. The molecule has 0 atom stereocenters. The summed E-state index contributed by atoms with van der Waals surface area (Å²) in [5.74, 6) is 0.973. The first kappa shape index (κ1) is 13.1. The number of hydrogen-bond acceptors (Lipinski definition) is 2. The molecule has 0 unspecified atom stereocenters. The van der Waals surface area contributed by atoms with Crippen LogP contribution in [0.4, 0.5) is 0 Å². The molecule has 0 N–H and O–H groups in total. The van der Waals surface area contributed by atoms with Crippen LogP contribution in [0, 0.1) is 0 Å². The summed E-state index contributed by atoms with van der Waals surface area (Å²) in [5, 5.41) is 0. The van der Waals surface area contributed by atoms with E-state index in [-0.39, 0.29) is 5.78 Å². The summed E-state index contributed by atoms with van der Waals surface area (Å²) in [4.78, 5) is 11.8. The fraction of sp³-hybridized carbons (Fsp3) is 0.400. The van der Waals surface area contributed by atoms with Crippen molar-refractivity contribution in [1.29, 1.82) is 0 Å². The third kappa shape index (κ3) is 2.72. The molecule has 96 valence electrons. The lowest BCUT2D eigenvalue weighted by atomic mass is 9.89. The van der Waals surface area contributed by atoms with E-state index in [0.29, 0.717) is 0 Å². The Kier molecular flexibility index (Phi) is 3.44. The van der Waals surface area contributed by atoms with Crippen LogP contribution in [0.1, 0.15) is 24.5 Å². The van der Waals surface area contributed by atoms with Gasteiger partial charge in [-0.3, -0.25) is 4.79 Å². The van der Waals surface area contributed by atoms with Crippen molar-refractivity contribution < 1.29 is 9.22 Å². The quantitative estimate of drug-likeness (QED) is 0.773. The SMILES string of the molecule is CC(=O)C1=C(O[Si](C)(C)C)c2ccccc2CC1. The molecule has 0 bridgehead atoms. The summed E-state index contributed by atoms with van der Waals surface area (Å²) in [7, 11) is -1.71. The summed E-state index contributed by atoms with van der Waals surface area (Å²) in [6.07, 6.45) is 1.73. The second-order valence-corrected chi connectivity index (χ2v) is 10.2. The Bertz CT molecular complexity index is 509. The number of benzene rings is 1. The van der Waals surface area contributed by atoms with Gasteiger partial charge in [-0.25, -0.2) is 0 Å². The van der Waals surface area contributed by atoms with Gasteiger partial charge in [0, 0.05) is 11.1 Å². The van der Waals surface area contributed by atoms with Gasteiger partial charge in [-0.1, -0.05) is 24.3 Å². The number of fused-ring (bicyclic) bond motifs is 1. The van der Waals surface area contributed by atoms with Gasteiger partial charge >= 0.3 is 0 Å². The maximum Gasteiger partial charge on any atom is 0.242 e. The number of ketones is 1. The highest BCUT2D eigenvalue weighted by atomic mass is 28.4.